The molecule has 1 aromatic rings. The first-order valence-electron chi connectivity index (χ1n) is 3.84. The summed E-state index contributed by atoms with van der Waals surface area (Å²) in [6, 6.07) is 1.97. The summed E-state index contributed by atoms with van der Waals surface area (Å²) >= 11 is 0. The van der Waals surface area contributed by atoms with Crippen LogP contribution >= 0.6 is 0 Å². The molecule has 0 aliphatic heterocycles. The summed E-state index contributed by atoms with van der Waals surface area (Å²) in [4.78, 5) is 10.5. The summed E-state index contributed by atoms with van der Waals surface area (Å²) in [6.07, 6.45) is 0. The fourth-order valence-corrected chi connectivity index (χ4v) is 1.02. The Morgan fingerprint density at radius 2 is 1.93 bits per heavy atom. The number of hydrogen-bond acceptors (Lipinski definition) is 2. The van der Waals surface area contributed by atoms with E-state index in [2.05, 4.69) is 0 Å². The lowest BCUT2D eigenvalue weighted by Crippen LogP contribution is -2.10. The van der Waals surface area contributed by atoms with Gasteiger partial charge in [0.25, 0.3) is 0 Å². The van der Waals surface area contributed by atoms with Crippen LogP contribution < -0.4 is 0 Å². The Hall–Kier alpha value is -1.65. The Balaban J connectivity index is 3.24. The molecule has 76 valence electrons. The van der Waals surface area contributed by atoms with Crippen molar-refractivity contribution in [3.63, 3.8) is 0 Å². The van der Waals surface area contributed by atoms with E-state index in [1.165, 1.54) is 6.92 Å². The number of benzene rings is 1. The summed E-state index contributed by atoms with van der Waals surface area (Å²) < 4.78 is 25.9. The molecule has 0 aliphatic carbocycles. The van der Waals surface area contributed by atoms with Crippen LogP contribution in [-0.4, -0.2) is 16.2 Å². The van der Waals surface area contributed by atoms with Crippen molar-refractivity contribution in [3.8, 4) is 5.75 Å². The van der Waals surface area contributed by atoms with Crippen molar-refractivity contribution in [2.45, 2.75) is 12.8 Å². The molecule has 1 unspecified atom stereocenters. The third kappa shape index (κ3) is 1.66. The molecule has 0 aromatic heterocycles. The number of aliphatic carboxylic acids is 1. The van der Waals surface area contributed by atoms with E-state index in [1.54, 1.807) is 0 Å². The number of phenols is 1. The molecule has 0 heterocycles. The van der Waals surface area contributed by atoms with E-state index in [9.17, 15) is 13.6 Å². The van der Waals surface area contributed by atoms with Crippen molar-refractivity contribution in [2.24, 2.45) is 0 Å². The largest absolute Gasteiger partial charge is 0.505 e. The van der Waals surface area contributed by atoms with Gasteiger partial charge in [0.15, 0.2) is 11.6 Å². The fourth-order valence-electron chi connectivity index (χ4n) is 1.02. The molecule has 3 nitrogen and oxygen atoms in total. The van der Waals surface area contributed by atoms with Crippen LogP contribution in [0.1, 0.15) is 18.4 Å². The van der Waals surface area contributed by atoms with Crippen LogP contribution in [0.15, 0.2) is 12.1 Å². The minimum absolute atomic E-state index is 0.284. The lowest BCUT2D eigenvalue weighted by Gasteiger charge is -2.08. The van der Waals surface area contributed by atoms with E-state index in [-0.39, 0.29) is 5.56 Å². The Labute approximate surface area is 78.6 Å². The molecule has 0 radical (unpaired) electrons. The number of carbonyl (C=O) groups is 1. The highest BCUT2D eigenvalue weighted by Gasteiger charge is 2.21. The lowest BCUT2D eigenvalue weighted by atomic mass is 10.0. The molecule has 0 bridgehead atoms. The first-order valence-corrected chi connectivity index (χ1v) is 3.84. The zero-order valence-corrected chi connectivity index (χ0v) is 7.29. The van der Waals surface area contributed by atoms with Crippen LogP contribution in [0, 0.1) is 11.6 Å². The monoisotopic (exact) mass is 202 g/mol. The molecular formula is C9H8F2O3. The predicted octanol–water partition coefficient (Wildman–Crippen LogP) is 1.86. The van der Waals surface area contributed by atoms with Gasteiger partial charge in [0.1, 0.15) is 0 Å². The summed E-state index contributed by atoms with van der Waals surface area (Å²) in [6.45, 7) is 1.23. The van der Waals surface area contributed by atoms with Gasteiger partial charge < -0.3 is 10.2 Å². The number of aromatic hydroxyl groups is 1. The second-order valence-electron chi connectivity index (χ2n) is 2.86. The van der Waals surface area contributed by atoms with Crippen LogP contribution in [0.3, 0.4) is 0 Å². The molecule has 5 heteroatoms. The SMILES string of the molecule is CC(C(=O)O)c1ccc(O)c(F)c1F. The predicted molar refractivity (Wildman–Crippen MR) is 44.1 cm³/mol. The van der Waals surface area contributed by atoms with Crippen LogP contribution in [0.5, 0.6) is 5.75 Å². The molecule has 2 N–H and O–H groups in total. The molecule has 0 saturated carbocycles. The molecule has 0 saturated heterocycles. The molecule has 0 aliphatic rings. The lowest BCUT2D eigenvalue weighted by molar-refractivity contribution is -0.138. The highest BCUT2D eigenvalue weighted by Crippen LogP contribution is 2.26. The van der Waals surface area contributed by atoms with Gasteiger partial charge in [0.2, 0.25) is 5.82 Å². The maximum Gasteiger partial charge on any atom is 0.310 e. The van der Waals surface area contributed by atoms with Crippen LogP contribution in [0.25, 0.3) is 0 Å². The molecule has 1 rings (SSSR count). The van der Waals surface area contributed by atoms with Crippen LogP contribution in [0.4, 0.5) is 8.78 Å². The minimum atomic E-state index is -1.42. The van der Waals surface area contributed by atoms with Gasteiger partial charge in [-0.25, -0.2) is 4.39 Å². The number of halogens is 2. The van der Waals surface area contributed by atoms with E-state index in [1.807, 2.05) is 0 Å². The maximum absolute atomic E-state index is 13.1. The number of rotatable bonds is 2. The summed E-state index contributed by atoms with van der Waals surface area (Å²) in [5.74, 6) is -5.97. The first-order chi connectivity index (χ1) is 6.45. The zero-order valence-electron chi connectivity index (χ0n) is 7.29. The second kappa shape index (κ2) is 3.61. The molecule has 0 fully saturated rings. The summed E-state index contributed by atoms with van der Waals surface area (Å²) in [5, 5.41) is 17.4. The average molecular weight is 202 g/mol. The average Bonchev–Trinajstić information content (AvgIpc) is 2.13. The molecule has 1 aromatic carbocycles. The van der Waals surface area contributed by atoms with E-state index in [0.717, 1.165) is 12.1 Å². The second-order valence-corrected chi connectivity index (χ2v) is 2.86. The van der Waals surface area contributed by atoms with Crippen LogP contribution in [-0.2, 0) is 4.79 Å². The number of carboxylic acid groups (broad SMARTS) is 1. The van der Waals surface area contributed by atoms with E-state index in [0.29, 0.717) is 0 Å². The Morgan fingerprint density at radius 3 is 2.43 bits per heavy atom. The van der Waals surface area contributed by atoms with Gasteiger partial charge in [-0.2, -0.15) is 4.39 Å². The van der Waals surface area contributed by atoms with Crippen LogP contribution in [0.2, 0.25) is 0 Å². The molecule has 1 atom stereocenters. The van der Waals surface area contributed by atoms with E-state index < -0.39 is 29.3 Å². The van der Waals surface area contributed by atoms with Crippen molar-refractivity contribution in [1.29, 1.82) is 0 Å². The number of hydrogen-bond donors (Lipinski definition) is 2. The van der Waals surface area contributed by atoms with Crippen molar-refractivity contribution in [2.75, 3.05) is 0 Å². The Bertz CT molecular complexity index is 377. The van der Waals surface area contributed by atoms with Gasteiger partial charge >= 0.3 is 5.97 Å². The normalized spacial score (nSPS) is 12.5. The smallest absolute Gasteiger partial charge is 0.310 e. The maximum atomic E-state index is 13.1. The van der Waals surface area contributed by atoms with E-state index in [4.69, 9.17) is 10.2 Å². The summed E-state index contributed by atoms with van der Waals surface area (Å²) in [5.41, 5.74) is -0.284. The Kier molecular flexibility index (Phi) is 2.69. The third-order valence-electron chi connectivity index (χ3n) is 1.93. The fraction of sp³-hybridized carbons (Fsp3) is 0.222. The molecule has 14 heavy (non-hydrogen) atoms. The molecule has 0 spiro atoms. The molecule has 0 amide bonds. The van der Waals surface area contributed by atoms with Gasteiger partial charge in [0, 0.05) is 5.56 Å². The van der Waals surface area contributed by atoms with Crippen molar-refractivity contribution >= 4 is 5.97 Å². The topological polar surface area (TPSA) is 57.5 Å². The highest BCUT2D eigenvalue weighted by molar-refractivity contribution is 5.75. The van der Waals surface area contributed by atoms with Gasteiger partial charge in [-0.3, -0.25) is 4.79 Å². The van der Waals surface area contributed by atoms with Gasteiger partial charge in [-0.1, -0.05) is 6.07 Å². The van der Waals surface area contributed by atoms with Crippen molar-refractivity contribution < 1.29 is 23.8 Å². The minimum Gasteiger partial charge on any atom is -0.505 e. The quantitative estimate of drug-likeness (QED) is 0.769. The van der Waals surface area contributed by atoms with Gasteiger partial charge in [-0.15, -0.1) is 0 Å². The number of phenolic OH excluding ortho intramolecular Hbond substituents is 1. The summed E-state index contributed by atoms with van der Waals surface area (Å²) in [7, 11) is 0. The highest BCUT2D eigenvalue weighted by atomic mass is 19.2. The van der Waals surface area contributed by atoms with Gasteiger partial charge in [-0.05, 0) is 13.0 Å². The molecular weight excluding hydrogens is 194 g/mol. The number of carboxylic acids is 1. The van der Waals surface area contributed by atoms with Gasteiger partial charge in [0.05, 0.1) is 5.92 Å². The van der Waals surface area contributed by atoms with Crippen molar-refractivity contribution in [1.82, 2.24) is 0 Å². The van der Waals surface area contributed by atoms with Crippen molar-refractivity contribution in [3.05, 3.63) is 29.3 Å². The Morgan fingerprint density at radius 1 is 1.36 bits per heavy atom. The first kappa shape index (κ1) is 10.4. The standard InChI is InChI=1S/C9H8F2O3/c1-4(9(13)14)5-2-3-6(12)8(11)7(5)10/h2-4,12H,1H3,(H,13,14). The zero-order chi connectivity index (χ0) is 10.9. The van der Waals surface area contributed by atoms with E-state index >= 15 is 0 Å². The third-order valence-corrected chi connectivity index (χ3v) is 1.93.